The third-order valence-electron chi connectivity index (χ3n) is 3.71. The Hall–Kier alpha value is -2.66. The fourth-order valence-corrected chi connectivity index (χ4v) is 3.47. The standard InChI is InChI=1S/C19H19N3OS/c1-13-8-6-7-11-16(13)18-21-14(2)17(24-18)12-20-19(23)22-15-9-4-3-5-10-15/h3-11H,12H2,1-2H3,(H2,20,22,23). The van der Waals surface area contributed by atoms with E-state index in [1.165, 1.54) is 5.56 Å². The Balaban J connectivity index is 1.66. The molecular weight excluding hydrogens is 318 g/mol. The number of nitrogens with zero attached hydrogens (tertiary/aromatic N) is 1. The van der Waals surface area contributed by atoms with Crippen molar-refractivity contribution in [3.63, 3.8) is 0 Å². The molecule has 1 aromatic heterocycles. The molecule has 0 atom stereocenters. The van der Waals surface area contributed by atoms with Crippen molar-refractivity contribution in [2.24, 2.45) is 0 Å². The maximum atomic E-state index is 12.0. The number of aromatic nitrogens is 1. The SMILES string of the molecule is Cc1ccccc1-c1nc(C)c(CNC(=O)Nc2ccccc2)s1. The first-order valence-corrected chi connectivity index (χ1v) is 8.57. The molecule has 0 saturated carbocycles. The molecule has 0 fully saturated rings. The van der Waals surface area contributed by atoms with E-state index in [1.54, 1.807) is 11.3 Å². The second kappa shape index (κ2) is 7.27. The summed E-state index contributed by atoms with van der Waals surface area (Å²) in [6, 6.07) is 17.4. The van der Waals surface area contributed by atoms with Crippen LogP contribution in [0.15, 0.2) is 54.6 Å². The van der Waals surface area contributed by atoms with Gasteiger partial charge in [0.25, 0.3) is 0 Å². The molecule has 1 heterocycles. The van der Waals surface area contributed by atoms with E-state index < -0.39 is 0 Å². The Morgan fingerprint density at radius 3 is 2.50 bits per heavy atom. The predicted octanol–water partition coefficient (Wildman–Crippen LogP) is 4.75. The van der Waals surface area contributed by atoms with Gasteiger partial charge in [0.1, 0.15) is 5.01 Å². The lowest BCUT2D eigenvalue weighted by Crippen LogP contribution is -2.28. The molecule has 24 heavy (non-hydrogen) atoms. The third-order valence-corrected chi connectivity index (χ3v) is 4.90. The summed E-state index contributed by atoms with van der Waals surface area (Å²) in [7, 11) is 0. The van der Waals surface area contributed by atoms with Crippen molar-refractivity contribution in [3.8, 4) is 10.6 Å². The van der Waals surface area contributed by atoms with Crippen molar-refractivity contribution in [3.05, 3.63) is 70.7 Å². The van der Waals surface area contributed by atoms with E-state index >= 15 is 0 Å². The second-order valence-corrected chi connectivity index (χ2v) is 6.60. The molecular formula is C19H19N3OS. The number of hydrogen-bond donors (Lipinski definition) is 2. The Kier molecular flexibility index (Phi) is 4.91. The van der Waals surface area contributed by atoms with Gasteiger partial charge in [0.15, 0.2) is 0 Å². The van der Waals surface area contributed by atoms with E-state index in [0.29, 0.717) is 6.54 Å². The Labute approximate surface area is 145 Å². The van der Waals surface area contributed by atoms with Crippen LogP contribution in [0.2, 0.25) is 0 Å². The summed E-state index contributed by atoms with van der Waals surface area (Å²) in [5, 5.41) is 6.69. The van der Waals surface area contributed by atoms with Gasteiger partial charge < -0.3 is 10.6 Å². The summed E-state index contributed by atoms with van der Waals surface area (Å²) < 4.78 is 0. The molecule has 2 amide bonds. The van der Waals surface area contributed by atoms with E-state index in [-0.39, 0.29) is 6.03 Å². The largest absolute Gasteiger partial charge is 0.333 e. The summed E-state index contributed by atoms with van der Waals surface area (Å²) >= 11 is 1.62. The van der Waals surface area contributed by atoms with Gasteiger partial charge in [-0.15, -0.1) is 11.3 Å². The lowest BCUT2D eigenvalue weighted by molar-refractivity contribution is 0.252. The zero-order chi connectivity index (χ0) is 16.9. The summed E-state index contributed by atoms with van der Waals surface area (Å²) in [5.41, 5.74) is 4.08. The zero-order valence-electron chi connectivity index (χ0n) is 13.7. The Bertz CT molecular complexity index is 843. The zero-order valence-corrected chi connectivity index (χ0v) is 14.5. The van der Waals surface area contributed by atoms with Crippen molar-refractivity contribution in [2.75, 3.05) is 5.32 Å². The van der Waals surface area contributed by atoms with E-state index in [1.807, 2.05) is 49.4 Å². The van der Waals surface area contributed by atoms with Crippen LogP contribution in [-0.4, -0.2) is 11.0 Å². The van der Waals surface area contributed by atoms with Crippen LogP contribution >= 0.6 is 11.3 Å². The Morgan fingerprint density at radius 1 is 1.04 bits per heavy atom. The molecule has 2 N–H and O–H groups in total. The van der Waals surface area contributed by atoms with Crippen molar-refractivity contribution >= 4 is 23.1 Å². The number of urea groups is 1. The Morgan fingerprint density at radius 2 is 1.75 bits per heavy atom. The van der Waals surface area contributed by atoms with Crippen LogP contribution in [0.5, 0.6) is 0 Å². The molecule has 0 aliphatic heterocycles. The minimum absolute atomic E-state index is 0.216. The second-order valence-electron chi connectivity index (χ2n) is 5.52. The first-order valence-electron chi connectivity index (χ1n) is 7.75. The summed E-state index contributed by atoms with van der Waals surface area (Å²) in [6.07, 6.45) is 0. The average Bonchev–Trinajstić information content (AvgIpc) is 2.95. The molecule has 0 unspecified atom stereocenters. The monoisotopic (exact) mass is 337 g/mol. The predicted molar refractivity (Wildman–Crippen MR) is 99.3 cm³/mol. The number of rotatable bonds is 4. The van der Waals surface area contributed by atoms with Gasteiger partial charge in [-0.1, -0.05) is 42.5 Å². The number of hydrogen-bond acceptors (Lipinski definition) is 3. The number of thiazole rings is 1. The van der Waals surface area contributed by atoms with Gasteiger partial charge in [-0.3, -0.25) is 0 Å². The van der Waals surface area contributed by atoms with Gasteiger partial charge in [-0.25, -0.2) is 9.78 Å². The third kappa shape index (κ3) is 3.81. The van der Waals surface area contributed by atoms with Crippen molar-refractivity contribution in [1.29, 1.82) is 0 Å². The minimum atomic E-state index is -0.216. The van der Waals surface area contributed by atoms with Crippen molar-refractivity contribution in [1.82, 2.24) is 10.3 Å². The fourth-order valence-electron chi connectivity index (χ4n) is 2.38. The van der Waals surface area contributed by atoms with Crippen LogP contribution < -0.4 is 10.6 Å². The van der Waals surface area contributed by atoms with Gasteiger partial charge in [-0.2, -0.15) is 0 Å². The van der Waals surface area contributed by atoms with Crippen molar-refractivity contribution < 1.29 is 4.79 Å². The van der Waals surface area contributed by atoms with E-state index in [4.69, 9.17) is 0 Å². The number of para-hydroxylation sites is 1. The molecule has 3 aromatic rings. The van der Waals surface area contributed by atoms with Gasteiger partial charge >= 0.3 is 6.03 Å². The van der Waals surface area contributed by atoms with Gasteiger partial charge in [0, 0.05) is 16.1 Å². The number of benzene rings is 2. The maximum absolute atomic E-state index is 12.0. The van der Waals surface area contributed by atoms with Crippen LogP contribution in [-0.2, 0) is 6.54 Å². The fraction of sp³-hybridized carbons (Fsp3) is 0.158. The quantitative estimate of drug-likeness (QED) is 0.722. The van der Waals surface area contributed by atoms with Crippen LogP contribution in [0.4, 0.5) is 10.5 Å². The number of anilines is 1. The highest BCUT2D eigenvalue weighted by atomic mass is 32.1. The molecule has 2 aromatic carbocycles. The van der Waals surface area contributed by atoms with Gasteiger partial charge in [0.2, 0.25) is 0 Å². The summed E-state index contributed by atoms with van der Waals surface area (Å²) in [5.74, 6) is 0. The molecule has 0 saturated heterocycles. The highest BCUT2D eigenvalue weighted by Crippen LogP contribution is 2.29. The van der Waals surface area contributed by atoms with Gasteiger partial charge in [-0.05, 0) is 31.5 Å². The number of carbonyl (C=O) groups excluding carboxylic acids is 1. The molecule has 0 aliphatic rings. The van der Waals surface area contributed by atoms with E-state index in [0.717, 1.165) is 26.8 Å². The molecule has 3 rings (SSSR count). The number of carbonyl (C=O) groups is 1. The lowest BCUT2D eigenvalue weighted by Gasteiger charge is -2.06. The normalized spacial score (nSPS) is 10.4. The highest BCUT2D eigenvalue weighted by molar-refractivity contribution is 7.15. The molecule has 0 bridgehead atoms. The summed E-state index contributed by atoms with van der Waals surface area (Å²) in [4.78, 5) is 17.7. The number of aryl methyl sites for hydroxylation is 2. The number of amides is 2. The van der Waals surface area contributed by atoms with Crippen LogP contribution in [0.3, 0.4) is 0 Å². The van der Waals surface area contributed by atoms with E-state index in [2.05, 4.69) is 34.7 Å². The number of nitrogens with one attached hydrogen (secondary N) is 2. The first-order chi connectivity index (χ1) is 11.6. The molecule has 4 nitrogen and oxygen atoms in total. The highest BCUT2D eigenvalue weighted by Gasteiger charge is 2.12. The van der Waals surface area contributed by atoms with Gasteiger partial charge in [0.05, 0.1) is 12.2 Å². The lowest BCUT2D eigenvalue weighted by atomic mass is 10.1. The van der Waals surface area contributed by atoms with Crippen LogP contribution in [0, 0.1) is 13.8 Å². The average molecular weight is 337 g/mol. The van der Waals surface area contributed by atoms with E-state index in [9.17, 15) is 4.79 Å². The van der Waals surface area contributed by atoms with Crippen LogP contribution in [0.25, 0.3) is 10.6 Å². The van der Waals surface area contributed by atoms with Crippen molar-refractivity contribution in [2.45, 2.75) is 20.4 Å². The van der Waals surface area contributed by atoms with Crippen LogP contribution in [0.1, 0.15) is 16.1 Å². The first kappa shape index (κ1) is 16.2. The molecule has 0 aliphatic carbocycles. The topological polar surface area (TPSA) is 54.0 Å². The molecule has 122 valence electrons. The summed E-state index contributed by atoms with van der Waals surface area (Å²) in [6.45, 7) is 4.52. The molecule has 0 spiro atoms. The molecule has 0 radical (unpaired) electrons. The maximum Gasteiger partial charge on any atom is 0.319 e. The smallest absolute Gasteiger partial charge is 0.319 e. The minimum Gasteiger partial charge on any atom is -0.333 e. The molecule has 5 heteroatoms.